The highest BCUT2D eigenvalue weighted by molar-refractivity contribution is 7.89. The van der Waals surface area contributed by atoms with Gasteiger partial charge in [-0.15, -0.1) is 0 Å². The Morgan fingerprint density at radius 1 is 1.06 bits per heavy atom. The van der Waals surface area contributed by atoms with Crippen LogP contribution in [0.3, 0.4) is 0 Å². The van der Waals surface area contributed by atoms with Crippen molar-refractivity contribution in [3.63, 3.8) is 0 Å². The molecule has 0 bridgehead atoms. The molecule has 168 valence electrons. The van der Waals surface area contributed by atoms with Crippen LogP contribution in [0.5, 0.6) is 0 Å². The summed E-state index contributed by atoms with van der Waals surface area (Å²) in [4.78, 5) is 9.86. The number of benzene rings is 1. The zero-order valence-corrected chi connectivity index (χ0v) is 19.4. The molecular formula is C21H30N6O3S. The summed E-state index contributed by atoms with van der Waals surface area (Å²) < 4.78 is 33.5. The molecule has 1 aromatic carbocycles. The van der Waals surface area contributed by atoms with Crippen LogP contribution < -0.4 is 0 Å². The van der Waals surface area contributed by atoms with E-state index in [2.05, 4.69) is 26.4 Å². The van der Waals surface area contributed by atoms with Crippen LogP contribution in [0.2, 0.25) is 0 Å². The molecule has 10 heteroatoms. The van der Waals surface area contributed by atoms with Crippen molar-refractivity contribution in [2.24, 2.45) is 0 Å². The topological polar surface area (TPSA) is 87.7 Å². The Balaban J connectivity index is 1.47. The van der Waals surface area contributed by atoms with E-state index in [-0.39, 0.29) is 4.90 Å². The number of aromatic nitrogens is 3. The first-order valence-corrected chi connectivity index (χ1v) is 12.0. The average Bonchev–Trinajstić information content (AvgIpc) is 3.30. The van der Waals surface area contributed by atoms with Gasteiger partial charge in [0.1, 0.15) is 11.6 Å². The van der Waals surface area contributed by atoms with Crippen LogP contribution in [-0.4, -0.2) is 77.5 Å². The minimum atomic E-state index is -3.48. The van der Waals surface area contributed by atoms with Crippen molar-refractivity contribution < 1.29 is 12.9 Å². The third-order valence-corrected chi connectivity index (χ3v) is 7.60. The fourth-order valence-corrected chi connectivity index (χ4v) is 4.95. The first-order chi connectivity index (χ1) is 14.8. The van der Waals surface area contributed by atoms with E-state index < -0.39 is 10.0 Å². The second-order valence-corrected chi connectivity index (χ2v) is 10.3. The first-order valence-electron chi connectivity index (χ1n) is 10.6. The lowest BCUT2D eigenvalue weighted by Crippen LogP contribution is -2.45. The molecule has 0 unspecified atom stereocenters. The van der Waals surface area contributed by atoms with Gasteiger partial charge in [-0.3, -0.25) is 9.80 Å². The third-order valence-electron chi connectivity index (χ3n) is 5.79. The highest BCUT2D eigenvalue weighted by atomic mass is 32.2. The molecule has 0 amide bonds. The highest BCUT2D eigenvalue weighted by Crippen LogP contribution is 2.23. The van der Waals surface area contributed by atoms with Gasteiger partial charge >= 0.3 is 0 Å². The van der Waals surface area contributed by atoms with Gasteiger partial charge in [-0.2, -0.15) is 0 Å². The molecular weight excluding hydrogens is 416 g/mol. The minimum absolute atomic E-state index is 0.272. The quantitative estimate of drug-likeness (QED) is 0.548. The predicted molar refractivity (Wildman–Crippen MR) is 118 cm³/mol. The summed E-state index contributed by atoms with van der Waals surface area (Å²) in [7, 11) is -0.399. The molecule has 31 heavy (non-hydrogen) atoms. The van der Waals surface area contributed by atoms with Gasteiger partial charge in [-0.05, 0) is 32.0 Å². The van der Waals surface area contributed by atoms with E-state index in [1.165, 1.54) is 4.31 Å². The summed E-state index contributed by atoms with van der Waals surface area (Å²) in [5.41, 5.74) is 2.66. The average molecular weight is 447 g/mol. The van der Waals surface area contributed by atoms with E-state index in [9.17, 15) is 8.42 Å². The van der Waals surface area contributed by atoms with Gasteiger partial charge in [0.15, 0.2) is 0 Å². The lowest BCUT2D eigenvalue weighted by Gasteiger charge is -2.34. The Labute approximate surface area is 183 Å². The smallest absolute Gasteiger partial charge is 0.242 e. The molecule has 2 aromatic heterocycles. The van der Waals surface area contributed by atoms with Crippen molar-refractivity contribution in [2.45, 2.75) is 38.4 Å². The number of nitrogens with zero attached hydrogens (tertiary/aromatic N) is 6. The standard InChI is InChI=1S/C21H30N6O3S/c1-5-27-20-7-6-18(31(28,29)24(3)4)13-19(20)22-21(27)15-26-10-8-25(9-11-26)14-17-12-16(2)30-23-17/h6-7,12-13H,5,8-11,14-15H2,1-4H3. The van der Waals surface area contributed by atoms with Crippen molar-refractivity contribution in [3.8, 4) is 0 Å². The monoisotopic (exact) mass is 446 g/mol. The highest BCUT2D eigenvalue weighted by Gasteiger charge is 2.22. The van der Waals surface area contributed by atoms with Crippen LogP contribution in [0.15, 0.2) is 33.7 Å². The summed E-state index contributed by atoms with van der Waals surface area (Å²) in [6.07, 6.45) is 0. The number of piperazine rings is 1. The number of rotatable bonds is 7. The van der Waals surface area contributed by atoms with E-state index in [1.807, 2.05) is 19.1 Å². The second-order valence-electron chi connectivity index (χ2n) is 8.19. The summed E-state index contributed by atoms with van der Waals surface area (Å²) >= 11 is 0. The molecule has 1 aliphatic heterocycles. The SMILES string of the molecule is CCn1c(CN2CCN(Cc3cc(C)on3)CC2)nc2cc(S(=O)(=O)N(C)C)ccc21. The minimum Gasteiger partial charge on any atom is -0.361 e. The van der Waals surface area contributed by atoms with Gasteiger partial charge < -0.3 is 9.09 Å². The van der Waals surface area contributed by atoms with Crippen LogP contribution in [0, 0.1) is 6.92 Å². The first kappa shape index (κ1) is 21.9. The number of fused-ring (bicyclic) bond motifs is 1. The maximum absolute atomic E-state index is 12.5. The Bertz CT molecular complexity index is 1160. The number of aryl methyl sites for hydroxylation is 2. The van der Waals surface area contributed by atoms with Crippen molar-refractivity contribution in [1.29, 1.82) is 0 Å². The molecule has 0 atom stereocenters. The lowest BCUT2D eigenvalue weighted by atomic mass is 10.2. The van der Waals surface area contributed by atoms with Gasteiger partial charge in [-0.25, -0.2) is 17.7 Å². The van der Waals surface area contributed by atoms with E-state index in [4.69, 9.17) is 9.51 Å². The Morgan fingerprint density at radius 3 is 2.32 bits per heavy atom. The van der Waals surface area contributed by atoms with Crippen LogP contribution in [-0.2, 0) is 29.7 Å². The molecule has 1 saturated heterocycles. The van der Waals surface area contributed by atoms with E-state index in [0.29, 0.717) is 0 Å². The number of sulfonamides is 1. The van der Waals surface area contributed by atoms with Gasteiger partial charge in [-0.1, -0.05) is 5.16 Å². The fourth-order valence-electron chi connectivity index (χ4n) is 4.03. The number of imidazole rings is 1. The van der Waals surface area contributed by atoms with Crippen LogP contribution >= 0.6 is 0 Å². The van der Waals surface area contributed by atoms with Crippen molar-refractivity contribution >= 4 is 21.1 Å². The summed E-state index contributed by atoms with van der Waals surface area (Å²) in [6.45, 7) is 10.2. The molecule has 0 aliphatic carbocycles. The van der Waals surface area contributed by atoms with Crippen LogP contribution in [0.1, 0.15) is 24.2 Å². The zero-order chi connectivity index (χ0) is 22.2. The van der Waals surface area contributed by atoms with Crippen molar-refractivity contribution in [3.05, 3.63) is 41.5 Å². The molecule has 0 radical (unpaired) electrons. The molecule has 3 aromatic rings. The Morgan fingerprint density at radius 2 is 1.74 bits per heavy atom. The molecule has 1 aliphatic rings. The lowest BCUT2D eigenvalue weighted by molar-refractivity contribution is 0.117. The Hall–Kier alpha value is -2.27. The van der Waals surface area contributed by atoms with Crippen LogP contribution in [0.25, 0.3) is 11.0 Å². The van der Waals surface area contributed by atoms with Gasteiger partial charge in [0.25, 0.3) is 0 Å². The van der Waals surface area contributed by atoms with Crippen LogP contribution in [0.4, 0.5) is 0 Å². The molecule has 0 saturated carbocycles. The van der Waals surface area contributed by atoms with Crippen molar-refractivity contribution in [1.82, 2.24) is 28.8 Å². The van der Waals surface area contributed by atoms with E-state index in [1.54, 1.807) is 26.2 Å². The molecule has 4 rings (SSSR count). The summed E-state index contributed by atoms with van der Waals surface area (Å²) in [6, 6.07) is 7.20. The fraction of sp³-hybridized carbons (Fsp3) is 0.524. The molecule has 3 heterocycles. The second kappa shape index (κ2) is 8.70. The molecule has 0 spiro atoms. The normalized spacial score (nSPS) is 16.5. The molecule has 0 N–H and O–H groups in total. The number of hydrogen-bond acceptors (Lipinski definition) is 7. The van der Waals surface area contributed by atoms with E-state index in [0.717, 1.165) is 74.1 Å². The largest absolute Gasteiger partial charge is 0.361 e. The van der Waals surface area contributed by atoms with Crippen molar-refractivity contribution in [2.75, 3.05) is 40.3 Å². The predicted octanol–water partition coefficient (Wildman–Crippen LogP) is 1.92. The van der Waals surface area contributed by atoms with Gasteiger partial charge in [0.05, 0.1) is 28.2 Å². The maximum Gasteiger partial charge on any atom is 0.242 e. The molecule has 1 fully saturated rings. The number of hydrogen-bond donors (Lipinski definition) is 0. The van der Waals surface area contributed by atoms with Gasteiger partial charge in [0, 0.05) is 59.4 Å². The summed E-state index contributed by atoms with van der Waals surface area (Å²) in [5.74, 6) is 1.81. The summed E-state index contributed by atoms with van der Waals surface area (Å²) in [5, 5.41) is 4.09. The Kier molecular flexibility index (Phi) is 6.16. The zero-order valence-electron chi connectivity index (χ0n) is 18.6. The molecule has 9 nitrogen and oxygen atoms in total. The maximum atomic E-state index is 12.5. The van der Waals surface area contributed by atoms with Gasteiger partial charge in [0.2, 0.25) is 10.0 Å². The third kappa shape index (κ3) is 4.52. The van der Waals surface area contributed by atoms with E-state index >= 15 is 0 Å².